The van der Waals surface area contributed by atoms with Crippen LogP contribution in [0.3, 0.4) is 0 Å². The van der Waals surface area contributed by atoms with E-state index >= 15 is 0 Å². The van der Waals surface area contributed by atoms with Gasteiger partial charge < -0.3 is 10.1 Å². The zero-order valence-corrected chi connectivity index (χ0v) is 19.2. The van der Waals surface area contributed by atoms with E-state index in [1.807, 2.05) is 0 Å². The van der Waals surface area contributed by atoms with E-state index in [9.17, 15) is 36.3 Å². The van der Waals surface area contributed by atoms with Gasteiger partial charge in [-0.1, -0.05) is 0 Å². The summed E-state index contributed by atoms with van der Waals surface area (Å²) < 4.78 is 72.6. The summed E-state index contributed by atoms with van der Waals surface area (Å²) in [4.78, 5) is 43.6. The lowest BCUT2D eigenvalue weighted by Gasteiger charge is -2.37. The van der Waals surface area contributed by atoms with Crippen LogP contribution in [0.5, 0.6) is 0 Å². The predicted molar refractivity (Wildman–Crippen MR) is 113 cm³/mol. The third kappa shape index (κ3) is 4.22. The van der Waals surface area contributed by atoms with Crippen molar-refractivity contribution in [2.24, 2.45) is 5.92 Å². The lowest BCUT2D eigenvalue weighted by Crippen LogP contribution is -2.58. The maximum Gasteiger partial charge on any atom is 0.422 e. The Hall–Kier alpha value is -3.55. The molecule has 1 aromatic heterocycles. The summed E-state index contributed by atoms with van der Waals surface area (Å²) in [6.45, 7) is 1.56. The highest BCUT2D eigenvalue weighted by Crippen LogP contribution is 2.40. The number of fused-ring (bicyclic) bond motifs is 1. The molecule has 2 aromatic rings. The van der Waals surface area contributed by atoms with E-state index in [1.54, 1.807) is 6.92 Å². The van der Waals surface area contributed by atoms with Crippen LogP contribution in [-0.4, -0.2) is 53.0 Å². The number of alkyl halides is 3. The molecule has 4 amide bonds. The van der Waals surface area contributed by atoms with Crippen molar-refractivity contribution in [1.82, 2.24) is 14.8 Å². The van der Waals surface area contributed by atoms with Gasteiger partial charge in [0.15, 0.2) is 11.4 Å². The molecule has 0 bridgehead atoms. The molecule has 0 saturated carbocycles. The van der Waals surface area contributed by atoms with Crippen molar-refractivity contribution >= 4 is 34.3 Å². The van der Waals surface area contributed by atoms with Gasteiger partial charge in [-0.15, -0.1) is 11.3 Å². The number of amides is 4. The second kappa shape index (κ2) is 8.59. The van der Waals surface area contributed by atoms with Crippen molar-refractivity contribution in [3.8, 4) is 11.3 Å². The number of rotatable bonds is 4. The Labute approximate surface area is 199 Å². The smallest absolute Gasteiger partial charge is 0.422 e. The zero-order valence-electron chi connectivity index (χ0n) is 18.4. The Bertz CT molecular complexity index is 1270. The molecule has 35 heavy (non-hydrogen) atoms. The van der Waals surface area contributed by atoms with Gasteiger partial charge in [0.25, 0.3) is 0 Å². The van der Waals surface area contributed by atoms with Crippen LogP contribution in [0.25, 0.3) is 11.3 Å². The number of nitrogens with zero attached hydrogens (tertiary/aromatic N) is 3. The van der Waals surface area contributed by atoms with E-state index in [0.717, 1.165) is 22.3 Å². The van der Waals surface area contributed by atoms with Gasteiger partial charge in [-0.25, -0.2) is 18.6 Å². The van der Waals surface area contributed by atoms with E-state index < -0.39 is 58.9 Å². The third-order valence-corrected chi connectivity index (χ3v) is 6.49. The predicted octanol–water partition coefficient (Wildman–Crippen LogP) is 4.21. The summed E-state index contributed by atoms with van der Waals surface area (Å²) in [6.07, 6.45) is -6.41. The largest absolute Gasteiger partial charge is 0.474 e. The minimum absolute atomic E-state index is 0.0459. The van der Waals surface area contributed by atoms with E-state index in [-0.39, 0.29) is 17.2 Å². The molecule has 0 aliphatic carbocycles. The van der Waals surface area contributed by atoms with E-state index in [4.69, 9.17) is 4.74 Å². The van der Waals surface area contributed by atoms with Crippen molar-refractivity contribution in [3.63, 3.8) is 0 Å². The molecule has 1 fully saturated rings. The van der Waals surface area contributed by atoms with E-state index in [0.29, 0.717) is 17.4 Å². The van der Waals surface area contributed by atoms with E-state index in [1.165, 1.54) is 24.4 Å². The van der Waals surface area contributed by atoms with Crippen LogP contribution in [0.1, 0.15) is 18.9 Å². The second-order valence-corrected chi connectivity index (χ2v) is 8.76. The molecule has 8 nitrogen and oxygen atoms in total. The van der Waals surface area contributed by atoms with Gasteiger partial charge in [-0.3, -0.25) is 19.4 Å². The number of thiazole rings is 1. The number of nitrogens with one attached hydrogen (secondary N) is 1. The molecular weight excluding hydrogens is 499 g/mol. The number of carbonyl (C=O) groups is 3. The summed E-state index contributed by atoms with van der Waals surface area (Å²) >= 11 is 0.822. The third-order valence-electron chi connectivity index (χ3n) is 5.73. The molecule has 14 heteroatoms. The number of benzene rings is 1. The number of hydrogen-bond donors (Lipinski definition) is 1. The van der Waals surface area contributed by atoms with Crippen LogP contribution in [0.4, 0.5) is 31.9 Å². The maximum atomic E-state index is 14.4. The molecule has 2 unspecified atom stereocenters. The summed E-state index contributed by atoms with van der Waals surface area (Å²) in [7, 11) is 2.79. The number of ether oxygens (including phenoxy) is 1. The SMILES string of the molecule is CC1=C(CC(=O)Nc2nc(-c3ccc(F)c(C(F)(F)F)c3F)cs2)C2C(=O)N(C)C(=O)N(C)C2O1. The first-order valence-electron chi connectivity index (χ1n) is 10.0. The van der Waals surface area contributed by atoms with Gasteiger partial charge in [0.1, 0.15) is 23.1 Å². The molecule has 0 radical (unpaired) electrons. The molecule has 2 aliphatic heterocycles. The number of allylic oxidation sites excluding steroid dienone is 1. The topological polar surface area (TPSA) is 91.8 Å². The highest BCUT2D eigenvalue weighted by atomic mass is 32.1. The highest BCUT2D eigenvalue weighted by molar-refractivity contribution is 7.14. The van der Waals surface area contributed by atoms with E-state index in [2.05, 4.69) is 10.3 Å². The van der Waals surface area contributed by atoms with Crippen molar-refractivity contribution in [2.75, 3.05) is 19.4 Å². The summed E-state index contributed by atoms with van der Waals surface area (Å²) in [5, 5.41) is 3.62. The normalized spacial score (nSPS) is 20.3. The zero-order chi connectivity index (χ0) is 25.8. The molecule has 1 N–H and O–H groups in total. The van der Waals surface area contributed by atoms with Crippen LogP contribution in [-0.2, 0) is 20.5 Å². The minimum atomic E-state index is -5.24. The van der Waals surface area contributed by atoms with Gasteiger partial charge >= 0.3 is 12.2 Å². The van der Waals surface area contributed by atoms with Gasteiger partial charge in [0.05, 0.1) is 17.9 Å². The molecule has 2 atom stereocenters. The first-order chi connectivity index (χ1) is 16.3. The molecule has 186 valence electrons. The van der Waals surface area contributed by atoms with Crippen molar-refractivity contribution in [1.29, 1.82) is 0 Å². The second-order valence-electron chi connectivity index (χ2n) is 7.90. The van der Waals surface area contributed by atoms with Crippen LogP contribution >= 0.6 is 11.3 Å². The minimum Gasteiger partial charge on any atom is -0.474 e. The average molecular weight is 516 g/mol. The summed E-state index contributed by atoms with van der Waals surface area (Å²) in [5.74, 6) is -5.27. The van der Waals surface area contributed by atoms with Gasteiger partial charge in [0, 0.05) is 25.0 Å². The standard InChI is InChI=1S/C21H17F5N4O4S/c1-8-10(14-17(32)29(2)20(33)30(3)18(14)34-8)6-13(31)28-19-27-12(7-35-19)9-4-5-11(22)15(16(9)23)21(24,25)26/h4-5,7,14,18H,6H2,1-3H3,(H,27,28,31). The molecule has 3 heterocycles. The first-order valence-corrected chi connectivity index (χ1v) is 10.9. The molecular formula is C21H17F5N4O4S. The van der Waals surface area contributed by atoms with Crippen molar-refractivity contribution in [2.45, 2.75) is 25.7 Å². The van der Waals surface area contributed by atoms with Gasteiger partial charge in [-0.05, 0) is 24.6 Å². The number of carbonyl (C=O) groups excluding carboxylic acids is 3. The quantitative estimate of drug-likeness (QED) is 0.615. The molecule has 2 aliphatic rings. The number of imide groups is 1. The monoisotopic (exact) mass is 516 g/mol. The lowest BCUT2D eigenvalue weighted by molar-refractivity contribution is -0.143. The Morgan fingerprint density at radius 2 is 1.91 bits per heavy atom. The van der Waals surface area contributed by atoms with Crippen LogP contribution in [0.15, 0.2) is 28.8 Å². The summed E-state index contributed by atoms with van der Waals surface area (Å²) in [6, 6.07) is 0.768. The number of halogens is 5. The fourth-order valence-corrected chi connectivity index (χ4v) is 4.70. The van der Waals surface area contributed by atoms with Crippen LogP contribution in [0.2, 0.25) is 0 Å². The fourth-order valence-electron chi connectivity index (χ4n) is 3.97. The first kappa shape index (κ1) is 24.6. The number of aromatic nitrogens is 1. The average Bonchev–Trinajstić information content (AvgIpc) is 3.34. The highest BCUT2D eigenvalue weighted by Gasteiger charge is 2.51. The molecule has 4 rings (SSSR count). The number of urea groups is 1. The maximum absolute atomic E-state index is 14.4. The van der Waals surface area contributed by atoms with Gasteiger partial charge in [-0.2, -0.15) is 13.2 Å². The molecule has 1 saturated heterocycles. The number of anilines is 1. The molecule has 0 spiro atoms. The summed E-state index contributed by atoms with van der Waals surface area (Å²) in [5.41, 5.74) is -2.47. The Balaban J connectivity index is 1.52. The van der Waals surface area contributed by atoms with Crippen LogP contribution in [0, 0.1) is 17.6 Å². The van der Waals surface area contributed by atoms with Crippen molar-refractivity contribution in [3.05, 3.63) is 46.0 Å². The Morgan fingerprint density at radius 1 is 1.23 bits per heavy atom. The fraction of sp³-hybridized carbons (Fsp3) is 0.333. The van der Waals surface area contributed by atoms with Crippen molar-refractivity contribution < 1.29 is 41.1 Å². The van der Waals surface area contributed by atoms with Crippen LogP contribution < -0.4 is 5.32 Å². The molecule has 1 aromatic carbocycles. The number of hydrogen-bond acceptors (Lipinski definition) is 6. The lowest BCUT2D eigenvalue weighted by atomic mass is 9.92. The van der Waals surface area contributed by atoms with Gasteiger partial charge in [0.2, 0.25) is 11.8 Å². The Morgan fingerprint density at radius 3 is 2.57 bits per heavy atom. The Kier molecular flexibility index (Phi) is 6.03.